The van der Waals surface area contributed by atoms with Gasteiger partial charge in [0, 0.05) is 24.2 Å². The molecule has 4 rings (SSSR count). The molecule has 2 amide bonds. The van der Waals surface area contributed by atoms with Crippen molar-refractivity contribution in [3.8, 4) is 0 Å². The molecule has 0 spiro atoms. The highest BCUT2D eigenvalue weighted by atomic mass is 32.1. The number of aryl methyl sites for hydroxylation is 1. The first-order valence-electron chi connectivity index (χ1n) is 9.26. The van der Waals surface area contributed by atoms with E-state index in [-0.39, 0.29) is 11.8 Å². The van der Waals surface area contributed by atoms with Crippen LogP contribution in [0, 0.1) is 0 Å². The second-order valence-electron chi connectivity index (χ2n) is 6.44. The number of thiazole rings is 1. The molecular weight excluding hydrogens is 402 g/mol. The van der Waals surface area contributed by atoms with Gasteiger partial charge in [0.25, 0.3) is 11.8 Å². The minimum absolute atomic E-state index is 0.120. The normalized spacial score (nSPS) is 10.8. The first kappa shape index (κ1) is 19.3. The van der Waals surface area contributed by atoms with Crippen LogP contribution in [0.2, 0.25) is 0 Å². The predicted molar refractivity (Wildman–Crippen MR) is 119 cm³/mol. The fraction of sp³-hybridized carbons (Fsp3) is 0.136. The van der Waals surface area contributed by atoms with E-state index in [0.717, 1.165) is 23.4 Å². The van der Waals surface area contributed by atoms with Gasteiger partial charge in [-0.1, -0.05) is 18.2 Å². The van der Waals surface area contributed by atoms with Crippen LogP contribution in [-0.4, -0.2) is 23.3 Å². The van der Waals surface area contributed by atoms with Crippen molar-refractivity contribution in [1.29, 1.82) is 0 Å². The molecule has 0 unspecified atom stereocenters. The van der Waals surface area contributed by atoms with Crippen molar-refractivity contribution >= 4 is 50.4 Å². The molecule has 0 saturated carbocycles. The number of hydrogen-bond donors (Lipinski definition) is 2. The minimum atomic E-state index is -0.146. The number of fused-ring (bicyclic) bond motifs is 1. The summed E-state index contributed by atoms with van der Waals surface area (Å²) in [5, 5.41) is 8.71. The molecule has 5 nitrogen and oxygen atoms in total. The highest BCUT2D eigenvalue weighted by Gasteiger charge is 2.09. The average Bonchev–Trinajstić information content (AvgIpc) is 3.41. The van der Waals surface area contributed by atoms with Gasteiger partial charge in [-0.25, -0.2) is 4.98 Å². The summed E-state index contributed by atoms with van der Waals surface area (Å²) in [6.45, 7) is 0.589. The highest BCUT2D eigenvalue weighted by Crippen LogP contribution is 2.22. The maximum absolute atomic E-state index is 12.3. The zero-order chi connectivity index (χ0) is 20.1. The number of amides is 2. The summed E-state index contributed by atoms with van der Waals surface area (Å²) in [6, 6.07) is 18.6. The van der Waals surface area contributed by atoms with Crippen molar-refractivity contribution in [3.63, 3.8) is 0 Å². The summed E-state index contributed by atoms with van der Waals surface area (Å²) in [5.74, 6) is -0.266. The second kappa shape index (κ2) is 8.98. The molecule has 7 heteroatoms. The van der Waals surface area contributed by atoms with E-state index >= 15 is 0 Å². The summed E-state index contributed by atoms with van der Waals surface area (Å²) in [5.41, 5.74) is 2.26. The number of carbonyl (C=O) groups excluding carboxylic acids is 2. The molecule has 2 N–H and O–H groups in total. The third kappa shape index (κ3) is 4.88. The molecule has 2 aromatic carbocycles. The topological polar surface area (TPSA) is 71.1 Å². The van der Waals surface area contributed by atoms with Crippen molar-refractivity contribution < 1.29 is 9.59 Å². The lowest BCUT2D eigenvalue weighted by molar-refractivity contribution is 0.0952. The Balaban J connectivity index is 1.24. The van der Waals surface area contributed by atoms with E-state index in [1.807, 2.05) is 29.6 Å². The monoisotopic (exact) mass is 421 g/mol. The number of hydrogen-bond acceptors (Lipinski definition) is 5. The first-order valence-corrected chi connectivity index (χ1v) is 11.0. The van der Waals surface area contributed by atoms with Gasteiger partial charge in [0.05, 0.1) is 20.1 Å². The summed E-state index contributed by atoms with van der Waals surface area (Å²) >= 11 is 3.09. The second-order valence-corrected chi connectivity index (χ2v) is 8.51. The molecule has 0 aliphatic carbocycles. The maximum Gasteiger partial charge on any atom is 0.265 e. The van der Waals surface area contributed by atoms with Crippen molar-refractivity contribution in [2.45, 2.75) is 12.8 Å². The van der Waals surface area contributed by atoms with E-state index in [9.17, 15) is 9.59 Å². The molecule has 146 valence electrons. The van der Waals surface area contributed by atoms with Crippen LogP contribution in [0.15, 0.2) is 66.0 Å². The standard InChI is InChI=1S/C22H19N3O2S2/c26-21(23-13-3-8-20-25-17-5-1-2-6-18(17)29-20)15-9-11-16(12-10-15)24-22(27)19-7-4-14-28-19/h1-2,4-7,9-12,14H,3,8,13H2,(H,23,26)(H,24,27). The molecule has 0 atom stereocenters. The number of anilines is 1. The average molecular weight is 422 g/mol. The number of nitrogens with one attached hydrogen (secondary N) is 2. The Kier molecular flexibility index (Phi) is 5.97. The van der Waals surface area contributed by atoms with E-state index < -0.39 is 0 Å². The van der Waals surface area contributed by atoms with Gasteiger partial charge in [-0.3, -0.25) is 9.59 Å². The van der Waals surface area contributed by atoms with Gasteiger partial charge < -0.3 is 10.6 Å². The van der Waals surface area contributed by atoms with Crippen molar-refractivity contribution in [3.05, 3.63) is 81.5 Å². The molecule has 4 aromatic rings. The van der Waals surface area contributed by atoms with Gasteiger partial charge in [-0.2, -0.15) is 0 Å². The lowest BCUT2D eigenvalue weighted by Crippen LogP contribution is -2.24. The summed E-state index contributed by atoms with van der Waals surface area (Å²) in [4.78, 5) is 29.6. The van der Waals surface area contributed by atoms with Gasteiger partial charge in [-0.05, 0) is 54.3 Å². The van der Waals surface area contributed by atoms with Crippen LogP contribution in [0.25, 0.3) is 10.2 Å². The predicted octanol–water partition coefficient (Wildman–Crippen LogP) is 4.97. The Morgan fingerprint density at radius 2 is 1.76 bits per heavy atom. The highest BCUT2D eigenvalue weighted by molar-refractivity contribution is 7.18. The SMILES string of the molecule is O=C(NCCCc1nc2ccccc2s1)c1ccc(NC(=O)c2cccs2)cc1. The van der Waals surface area contributed by atoms with Crippen molar-refractivity contribution in [2.24, 2.45) is 0 Å². The van der Waals surface area contributed by atoms with Crippen LogP contribution >= 0.6 is 22.7 Å². The molecule has 2 heterocycles. The lowest BCUT2D eigenvalue weighted by atomic mass is 10.2. The van der Waals surface area contributed by atoms with Gasteiger partial charge in [0.15, 0.2) is 0 Å². The van der Waals surface area contributed by atoms with Gasteiger partial charge in [0.2, 0.25) is 0 Å². The molecule has 29 heavy (non-hydrogen) atoms. The number of nitrogens with zero attached hydrogens (tertiary/aromatic N) is 1. The number of aromatic nitrogens is 1. The molecule has 0 saturated heterocycles. The molecule has 0 fully saturated rings. The Labute approximate surface area is 176 Å². The molecular formula is C22H19N3O2S2. The van der Waals surface area contributed by atoms with Crippen LogP contribution in [0.4, 0.5) is 5.69 Å². The van der Waals surface area contributed by atoms with Gasteiger partial charge in [-0.15, -0.1) is 22.7 Å². The number of para-hydroxylation sites is 1. The largest absolute Gasteiger partial charge is 0.352 e. The van der Waals surface area contributed by atoms with E-state index in [1.165, 1.54) is 16.0 Å². The molecule has 0 bridgehead atoms. The Morgan fingerprint density at radius 1 is 0.931 bits per heavy atom. The van der Waals surface area contributed by atoms with Crippen molar-refractivity contribution in [2.75, 3.05) is 11.9 Å². The van der Waals surface area contributed by atoms with Crippen LogP contribution < -0.4 is 10.6 Å². The van der Waals surface area contributed by atoms with Crippen LogP contribution in [0.1, 0.15) is 31.5 Å². The molecule has 0 aliphatic heterocycles. The van der Waals surface area contributed by atoms with Gasteiger partial charge >= 0.3 is 0 Å². The molecule has 0 radical (unpaired) electrons. The minimum Gasteiger partial charge on any atom is -0.352 e. The third-order valence-electron chi connectivity index (χ3n) is 4.34. The van der Waals surface area contributed by atoms with Crippen LogP contribution in [-0.2, 0) is 6.42 Å². The smallest absolute Gasteiger partial charge is 0.265 e. The van der Waals surface area contributed by atoms with E-state index in [1.54, 1.807) is 41.7 Å². The Hall–Kier alpha value is -3.03. The fourth-order valence-corrected chi connectivity index (χ4v) is 4.50. The number of carbonyl (C=O) groups is 2. The summed E-state index contributed by atoms with van der Waals surface area (Å²) in [7, 11) is 0. The van der Waals surface area contributed by atoms with E-state index in [0.29, 0.717) is 22.7 Å². The van der Waals surface area contributed by atoms with E-state index in [4.69, 9.17) is 0 Å². The fourth-order valence-electron chi connectivity index (χ4n) is 2.88. The van der Waals surface area contributed by atoms with Crippen LogP contribution in [0.5, 0.6) is 0 Å². The number of thiophene rings is 1. The maximum atomic E-state index is 12.3. The quantitative estimate of drug-likeness (QED) is 0.414. The Bertz CT molecular complexity index is 1090. The van der Waals surface area contributed by atoms with Crippen LogP contribution in [0.3, 0.4) is 0 Å². The molecule has 0 aliphatic rings. The lowest BCUT2D eigenvalue weighted by Gasteiger charge is -2.07. The Morgan fingerprint density at radius 3 is 2.52 bits per heavy atom. The summed E-state index contributed by atoms with van der Waals surface area (Å²) < 4.78 is 1.19. The van der Waals surface area contributed by atoms with E-state index in [2.05, 4.69) is 21.7 Å². The molecule has 2 aromatic heterocycles. The van der Waals surface area contributed by atoms with Gasteiger partial charge in [0.1, 0.15) is 0 Å². The number of rotatable bonds is 7. The number of benzene rings is 2. The zero-order valence-corrected chi connectivity index (χ0v) is 17.2. The zero-order valence-electron chi connectivity index (χ0n) is 15.6. The third-order valence-corrected chi connectivity index (χ3v) is 6.31. The first-order chi connectivity index (χ1) is 14.2. The summed E-state index contributed by atoms with van der Waals surface area (Å²) in [6.07, 6.45) is 1.67. The van der Waals surface area contributed by atoms with Crippen molar-refractivity contribution in [1.82, 2.24) is 10.3 Å².